The van der Waals surface area contributed by atoms with Crippen molar-refractivity contribution in [3.8, 4) is 5.75 Å². The second-order valence-corrected chi connectivity index (χ2v) is 10.1. The number of halogens is 1. The Balaban J connectivity index is 1.78. The summed E-state index contributed by atoms with van der Waals surface area (Å²) < 4.78 is 50.4. The molecular weight excluding hydrogens is 498 g/mol. The number of carbonyl (C=O) groups is 1. The number of alkyl halides is 1. The Labute approximate surface area is 207 Å². The number of nitrogens with one attached hydrogen (secondary N) is 1. The van der Waals surface area contributed by atoms with Gasteiger partial charge in [-0.2, -0.15) is 10.1 Å². The molecule has 0 radical (unpaired) electrons. The summed E-state index contributed by atoms with van der Waals surface area (Å²) in [6.07, 6.45) is -2.97. The molecule has 3 rings (SSSR count). The van der Waals surface area contributed by atoms with Crippen molar-refractivity contribution in [2.24, 2.45) is 5.92 Å². The number of ether oxygens (including phenoxy) is 2. The number of aliphatic hydroxyl groups is 1. The lowest BCUT2D eigenvalue weighted by atomic mass is 10.00. The molecule has 0 unspecified atom stereocenters. The van der Waals surface area contributed by atoms with Crippen LogP contribution in [0.15, 0.2) is 47.4 Å². The number of anilines is 1. The van der Waals surface area contributed by atoms with E-state index in [9.17, 15) is 23.7 Å². The fraction of sp³-hybridized carbons (Fsp3) is 0.500. The zero-order valence-corrected chi connectivity index (χ0v) is 20.9. The molecule has 2 heterocycles. The van der Waals surface area contributed by atoms with E-state index in [4.69, 9.17) is 24.3 Å². The number of benzene rings is 1. The maximum Gasteiger partial charge on any atom is 0.459 e. The molecule has 6 atom stereocenters. The summed E-state index contributed by atoms with van der Waals surface area (Å²) in [4.78, 5) is 28.0. The van der Waals surface area contributed by atoms with Gasteiger partial charge in [0, 0.05) is 12.1 Å². The second-order valence-electron chi connectivity index (χ2n) is 8.45. The van der Waals surface area contributed by atoms with Crippen LogP contribution in [0, 0.1) is 5.92 Å². The van der Waals surface area contributed by atoms with Crippen molar-refractivity contribution in [2.45, 2.75) is 51.4 Å². The number of para-hydroxylation sites is 1. The highest BCUT2D eigenvalue weighted by atomic mass is 31.2. The van der Waals surface area contributed by atoms with Gasteiger partial charge in [-0.3, -0.25) is 18.3 Å². The highest BCUT2D eigenvalue weighted by molar-refractivity contribution is 7.52. The Morgan fingerprint density at radius 3 is 2.61 bits per heavy atom. The van der Waals surface area contributed by atoms with E-state index in [-0.39, 0.29) is 11.6 Å². The number of nitrogens with two attached hydrogens (primary N) is 1. The van der Waals surface area contributed by atoms with Crippen LogP contribution in [0.4, 0.5) is 10.2 Å². The molecule has 1 saturated heterocycles. The zero-order chi connectivity index (χ0) is 26.5. The monoisotopic (exact) mass is 528 g/mol. The number of aromatic nitrogens is 2. The van der Waals surface area contributed by atoms with Crippen LogP contribution in [-0.4, -0.2) is 58.3 Å². The molecule has 0 bridgehead atoms. The lowest BCUT2D eigenvalue weighted by molar-refractivity contribution is -0.149. The van der Waals surface area contributed by atoms with Crippen LogP contribution in [-0.2, 0) is 23.4 Å². The molecule has 0 amide bonds. The third kappa shape index (κ3) is 6.89. The van der Waals surface area contributed by atoms with E-state index in [2.05, 4.69) is 10.1 Å². The van der Waals surface area contributed by atoms with Crippen LogP contribution in [0.2, 0.25) is 0 Å². The van der Waals surface area contributed by atoms with Gasteiger partial charge in [0.1, 0.15) is 23.7 Å². The first kappa shape index (κ1) is 27.8. The minimum absolute atomic E-state index is 0.0270. The van der Waals surface area contributed by atoms with Gasteiger partial charge >= 0.3 is 19.4 Å². The summed E-state index contributed by atoms with van der Waals surface area (Å²) in [5.74, 6) is -1.65. The molecule has 0 spiro atoms. The van der Waals surface area contributed by atoms with Gasteiger partial charge in [0.05, 0.1) is 25.5 Å². The molecule has 1 aromatic carbocycles. The van der Waals surface area contributed by atoms with E-state index in [0.717, 1.165) is 4.57 Å². The van der Waals surface area contributed by atoms with Crippen molar-refractivity contribution in [3.05, 3.63) is 53.1 Å². The number of aliphatic hydroxyl groups excluding tert-OH is 1. The van der Waals surface area contributed by atoms with Gasteiger partial charge in [0.2, 0.25) is 0 Å². The van der Waals surface area contributed by atoms with Gasteiger partial charge in [-0.05, 0) is 39.0 Å². The Morgan fingerprint density at radius 2 is 2.00 bits per heavy atom. The minimum Gasteiger partial charge on any atom is -0.462 e. The number of nitrogens with zero attached hydrogens (tertiary/aromatic N) is 2. The van der Waals surface area contributed by atoms with Crippen molar-refractivity contribution < 1.29 is 37.4 Å². The number of esters is 1. The van der Waals surface area contributed by atoms with Crippen molar-refractivity contribution in [1.82, 2.24) is 14.6 Å². The van der Waals surface area contributed by atoms with Crippen LogP contribution in [0.1, 0.15) is 27.0 Å². The van der Waals surface area contributed by atoms with Gasteiger partial charge in [-0.1, -0.05) is 18.2 Å². The first-order valence-electron chi connectivity index (χ1n) is 11.2. The van der Waals surface area contributed by atoms with E-state index in [1.54, 1.807) is 32.0 Å². The fourth-order valence-electron chi connectivity index (χ4n) is 3.50. The maximum absolute atomic E-state index is 13.9. The zero-order valence-electron chi connectivity index (χ0n) is 20.0. The minimum atomic E-state index is -4.24. The number of hydrogen-bond donors (Lipinski definition) is 3. The van der Waals surface area contributed by atoms with Crippen molar-refractivity contribution >= 4 is 19.5 Å². The molecule has 4 N–H and O–H groups in total. The average Bonchev–Trinajstić information content (AvgIpc) is 3.13. The van der Waals surface area contributed by atoms with Gasteiger partial charge in [0.15, 0.2) is 6.23 Å². The van der Waals surface area contributed by atoms with E-state index in [0.29, 0.717) is 0 Å². The Hall–Kier alpha value is -2.83. The van der Waals surface area contributed by atoms with Crippen LogP contribution >= 0.6 is 7.75 Å². The topological polar surface area (TPSA) is 164 Å². The lowest BCUT2D eigenvalue weighted by Gasteiger charge is -2.25. The first-order valence-corrected chi connectivity index (χ1v) is 12.8. The van der Waals surface area contributed by atoms with Gasteiger partial charge < -0.3 is 24.8 Å². The standard InChI is InChI=1S/C22H30FN4O8P/c1-13(2)33-21(29)14(3)26-36(31,35-15-7-5-4-6-8-15)32-12-17-16(11-23)19(28)20(34-17)27-10-9-18(24)25-22(27)30/h4-10,13-14,16-17,19-20,28H,11-12H2,1-3H3,(H,26,31)(H2,24,25,30)/t14-,16+,17+,19+,20+,36-/m0/s1. The summed E-state index contributed by atoms with van der Waals surface area (Å²) in [5.41, 5.74) is 4.70. The van der Waals surface area contributed by atoms with Gasteiger partial charge in [0.25, 0.3) is 0 Å². The summed E-state index contributed by atoms with van der Waals surface area (Å²) in [6.45, 7) is 3.24. The molecular formula is C22H30FN4O8P. The van der Waals surface area contributed by atoms with E-state index < -0.39 is 69.2 Å². The van der Waals surface area contributed by atoms with Crippen molar-refractivity contribution in [1.29, 1.82) is 0 Å². The lowest BCUT2D eigenvalue weighted by Crippen LogP contribution is -2.37. The number of carbonyl (C=O) groups excluding carboxylic acids is 1. The molecule has 1 aromatic heterocycles. The maximum atomic E-state index is 13.9. The highest BCUT2D eigenvalue weighted by Gasteiger charge is 2.46. The third-order valence-electron chi connectivity index (χ3n) is 5.26. The Kier molecular flexibility index (Phi) is 9.20. The van der Waals surface area contributed by atoms with E-state index >= 15 is 0 Å². The van der Waals surface area contributed by atoms with E-state index in [1.807, 2.05) is 0 Å². The summed E-state index contributed by atoms with van der Waals surface area (Å²) >= 11 is 0. The first-order chi connectivity index (χ1) is 17.0. The largest absolute Gasteiger partial charge is 0.462 e. The smallest absolute Gasteiger partial charge is 0.459 e. The molecule has 14 heteroatoms. The molecule has 1 aliphatic rings. The molecule has 12 nitrogen and oxygen atoms in total. The second kappa shape index (κ2) is 11.9. The number of nitrogen functional groups attached to an aromatic ring is 1. The average molecular weight is 528 g/mol. The number of hydrogen-bond acceptors (Lipinski definition) is 10. The Morgan fingerprint density at radius 1 is 1.31 bits per heavy atom. The summed E-state index contributed by atoms with van der Waals surface area (Å²) in [6, 6.07) is 8.33. The molecule has 198 valence electrons. The fourth-order valence-corrected chi connectivity index (χ4v) is 5.00. The molecule has 2 aromatic rings. The highest BCUT2D eigenvalue weighted by Crippen LogP contribution is 2.46. The van der Waals surface area contributed by atoms with Gasteiger partial charge in [-0.15, -0.1) is 0 Å². The van der Waals surface area contributed by atoms with Crippen LogP contribution in [0.3, 0.4) is 0 Å². The van der Waals surface area contributed by atoms with Gasteiger partial charge in [-0.25, -0.2) is 9.36 Å². The summed E-state index contributed by atoms with van der Waals surface area (Å²) in [7, 11) is -4.24. The summed E-state index contributed by atoms with van der Waals surface area (Å²) in [5, 5.41) is 13.1. The molecule has 1 fully saturated rings. The molecule has 0 saturated carbocycles. The van der Waals surface area contributed by atoms with Crippen LogP contribution < -0.4 is 21.0 Å². The predicted octanol–water partition coefficient (Wildman–Crippen LogP) is 1.80. The van der Waals surface area contributed by atoms with Crippen molar-refractivity contribution in [2.75, 3.05) is 19.0 Å². The quantitative estimate of drug-likeness (QED) is 0.288. The molecule has 0 aliphatic carbocycles. The van der Waals surface area contributed by atoms with Crippen LogP contribution in [0.5, 0.6) is 5.75 Å². The predicted molar refractivity (Wildman–Crippen MR) is 127 cm³/mol. The molecule has 1 aliphatic heterocycles. The Bertz CT molecular complexity index is 1130. The molecule has 36 heavy (non-hydrogen) atoms. The SMILES string of the molecule is CC(C)OC(=O)[C@H](C)N[P@](=O)(OC[C@H]1O[C@@H](n2ccc(N)nc2=O)[C@H](O)[C@@H]1CF)Oc1ccccc1. The van der Waals surface area contributed by atoms with Crippen LogP contribution in [0.25, 0.3) is 0 Å². The van der Waals surface area contributed by atoms with E-state index in [1.165, 1.54) is 31.3 Å². The number of rotatable bonds is 11. The van der Waals surface area contributed by atoms with Crippen molar-refractivity contribution in [3.63, 3.8) is 0 Å². The third-order valence-corrected chi connectivity index (χ3v) is 6.90. The normalized spacial score (nSPS) is 24.3.